The molecule has 2 aromatic rings. The minimum atomic E-state index is 0.0482. The third-order valence-corrected chi connectivity index (χ3v) is 5.61. The molecule has 1 aromatic carbocycles. The lowest BCUT2D eigenvalue weighted by Gasteiger charge is -2.32. The van der Waals surface area contributed by atoms with Crippen LogP contribution in [0.1, 0.15) is 55.2 Å². The zero-order chi connectivity index (χ0) is 21.6. The fourth-order valence-electron chi connectivity index (χ4n) is 3.83. The maximum absolute atomic E-state index is 12.8. The molecule has 1 fully saturated rings. The number of ether oxygens (including phenoxy) is 1. The molecule has 0 spiro atoms. The molecule has 3 rings (SSSR count). The molecule has 30 heavy (non-hydrogen) atoms. The van der Waals surface area contributed by atoms with Gasteiger partial charge in [0, 0.05) is 32.4 Å². The predicted octanol–water partition coefficient (Wildman–Crippen LogP) is 4.32. The van der Waals surface area contributed by atoms with Gasteiger partial charge < -0.3 is 15.0 Å². The SMILES string of the molecule is COc1ccc(CC2CCN(C(=O)c3ccc(CNCC(C)(C)C)cn3)CC2)cc1. The number of likely N-dealkylation sites (tertiary alicyclic amines) is 1. The summed E-state index contributed by atoms with van der Waals surface area (Å²) in [6, 6.07) is 12.2. The highest BCUT2D eigenvalue weighted by Crippen LogP contribution is 2.24. The van der Waals surface area contributed by atoms with Crippen molar-refractivity contribution < 1.29 is 9.53 Å². The van der Waals surface area contributed by atoms with Crippen molar-refractivity contribution in [2.24, 2.45) is 11.3 Å². The number of amides is 1. The second kappa shape index (κ2) is 10.1. The van der Waals surface area contributed by atoms with Gasteiger partial charge in [0.1, 0.15) is 11.4 Å². The summed E-state index contributed by atoms with van der Waals surface area (Å²) in [4.78, 5) is 19.2. The maximum atomic E-state index is 12.8. The average molecular weight is 410 g/mol. The van der Waals surface area contributed by atoms with E-state index in [2.05, 4.69) is 43.2 Å². The number of rotatable bonds is 7. The van der Waals surface area contributed by atoms with E-state index in [-0.39, 0.29) is 11.3 Å². The van der Waals surface area contributed by atoms with Crippen LogP contribution < -0.4 is 10.1 Å². The van der Waals surface area contributed by atoms with E-state index in [1.54, 1.807) is 7.11 Å². The van der Waals surface area contributed by atoms with E-state index in [1.807, 2.05) is 35.4 Å². The Morgan fingerprint density at radius 2 is 1.77 bits per heavy atom. The number of carbonyl (C=O) groups is 1. The van der Waals surface area contributed by atoms with Gasteiger partial charge in [0.05, 0.1) is 7.11 Å². The van der Waals surface area contributed by atoms with Crippen LogP contribution in [0.2, 0.25) is 0 Å². The third-order valence-electron chi connectivity index (χ3n) is 5.61. The minimum absolute atomic E-state index is 0.0482. The molecule has 5 heteroatoms. The number of hydrogen-bond acceptors (Lipinski definition) is 4. The quantitative estimate of drug-likeness (QED) is 0.740. The Hall–Kier alpha value is -2.40. The lowest BCUT2D eigenvalue weighted by molar-refractivity contribution is 0.0684. The summed E-state index contributed by atoms with van der Waals surface area (Å²) in [5.74, 6) is 1.56. The average Bonchev–Trinajstić information content (AvgIpc) is 2.74. The zero-order valence-corrected chi connectivity index (χ0v) is 18.8. The second-order valence-corrected chi connectivity index (χ2v) is 9.50. The van der Waals surface area contributed by atoms with Gasteiger partial charge >= 0.3 is 0 Å². The van der Waals surface area contributed by atoms with Gasteiger partial charge in [0.2, 0.25) is 0 Å². The molecule has 1 N–H and O–H groups in total. The van der Waals surface area contributed by atoms with E-state index in [9.17, 15) is 4.79 Å². The normalized spacial score (nSPS) is 15.3. The summed E-state index contributed by atoms with van der Waals surface area (Å²) in [5.41, 5.74) is 3.23. The summed E-state index contributed by atoms with van der Waals surface area (Å²) >= 11 is 0. The lowest BCUT2D eigenvalue weighted by Crippen LogP contribution is -2.39. The molecule has 0 aliphatic carbocycles. The van der Waals surface area contributed by atoms with Crippen LogP contribution in [0.25, 0.3) is 0 Å². The first-order chi connectivity index (χ1) is 14.3. The lowest BCUT2D eigenvalue weighted by atomic mass is 9.90. The molecule has 1 saturated heterocycles. The monoisotopic (exact) mass is 409 g/mol. The molecule has 1 aliphatic rings. The summed E-state index contributed by atoms with van der Waals surface area (Å²) in [6.07, 6.45) is 4.94. The Labute approximate surface area is 180 Å². The summed E-state index contributed by atoms with van der Waals surface area (Å²) in [7, 11) is 1.69. The second-order valence-electron chi connectivity index (χ2n) is 9.50. The molecule has 5 nitrogen and oxygen atoms in total. The van der Waals surface area contributed by atoms with Gasteiger partial charge in [-0.15, -0.1) is 0 Å². The molecular weight excluding hydrogens is 374 g/mol. The predicted molar refractivity (Wildman–Crippen MR) is 121 cm³/mol. The van der Waals surface area contributed by atoms with Crippen LogP contribution >= 0.6 is 0 Å². The topological polar surface area (TPSA) is 54.5 Å². The van der Waals surface area contributed by atoms with E-state index < -0.39 is 0 Å². The Morgan fingerprint density at radius 3 is 2.33 bits per heavy atom. The van der Waals surface area contributed by atoms with Gasteiger partial charge in [-0.3, -0.25) is 9.78 Å². The van der Waals surface area contributed by atoms with Crippen LogP contribution in [0.4, 0.5) is 0 Å². The van der Waals surface area contributed by atoms with Gasteiger partial charge in [-0.25, -0.2) is 0 Å². The number of nitrogens with one attached hydrogen (secondary N) is 1. The molecule has 1 aliphatic heterocycles. The Morgan fingerprint density at radius 1 is 1.10 bits per heavy atom. The number of piperidine rings is 1. The van der Waals surface area contributed by atoms with Crippen LogP contribution in [0.3, 0.4) is 0 Å². The number of pyridine rings is 1. The van der Waals surface area contributed by atoms with Crippen LogP contribution in [-0.4, -0.2) is 42.5 Å². The molecular formula is C25H35N3O2. The van der Waals surface area contributed by atoms with E-state index >= 15 is 0 Å². The van der Waals surface area contributed by atoms with Crippen LogP contribution in [0, 0.1) is 11.3 Å². The van der Waals surface area contributed by atoms with Crippen molar-refractivity contribution in [1.29, 1.82) is 0 Å². The zero-order valence-electron chi connectivity index (χ0n) is 18.8. The first-order valence-electron chi connectivity index (χ1n) is 10.9. The van der Waals surface area contributed by atoms with Crippen molar-refractivity contribution in [2.45, 2.75) is 46.6 Å². The van der Waals surface area contributed by atoms with Crippen molar-refractivity contribution in [1.82, 2.24) is 15.2 Å². The number of benzene rings is 1. The number of hydrogen-bond donors (Lipinski definition) is 1. The minimum Gasteiger partial charge on any atom is -0.497 e. The van der Waals surface area contributed by atoms with Gasteiger partial charge in [0.25, 0.3) is 5.91 Å². The standard InChI is InChI=1S/C25H35N3O2/c1-25(2,3)18-26-16-21-7-10-23(27-17-21)24(29)28-13-11-20(12-14-28)15-19-5-8-22(30-4)9-6-19/h5-10,17,20,26H,11-16,18H2,1-4H3. The number of carbonyl (C=O) groups excluding carboxylic acids is 1. The van der Waals surface area contributed by atoms with E-state index in [4.69, 9.17) is 4.74 Å². The number of nitrogens with zero attached hydrogens (tertiary/aromatic N) is 2. The molecule has 162 valence electrons. The van der Waals surface area contributed by atoms with Gasteiger partial charge in [0.15, 0.2) is 0 Å². The molecule has 2 heterocycles. The number of aromatic nitrogens is 1. The first-order valence-corrected chi connectivity index (χ1v) is 10.9. The van der Waals surface area contributed by atoms with Crippen molar-refractivity contribution in [2.75, 3.05) is 26.7 Å². The van der Waals surface area contributed by atoms with Crippen LogP contribution in [-0.2, 0) is 13.0 Å². The van der Waals surface area contributed by atoms with E-state index in [0.717, 1.165) is 56.8 Å². The summed E-state index contributed by atoms with van der Waals surface area (Å²) < 4.78 is 5.23. The fourth-order valence-corrected chi connectivity index (χ4v) is 3.83. The fraction of sp³-hybridized carbons (Fsp3) is 0.520. The summed E-state index contributed by atoms with van der Waals surface area (Å²) in [5, 5.41) is 3.44. The largest absolute Gasteiger partial charge is 0.497 e. The molecule has 0 bridgehead atoms. The Bertz CT molecular complexity index is 802. The first kappa shape index (κ1) is 22.3. The van der Waals surface area contributed by atoms with E-state index in [0.29, 0.717) is 11.6 Å². The van der Waals surface area contributed by atoms with Gasteiger partial charge in [-0.1, -0.05) is 39.0 Å². The van der Waals surface area contributed by atoms with E-state index in [1.165, 1.54) is 5.56 Å². The van der Waals surface area contributed by atoms with Gasteiger partial charge in [-0.05, 0) is 59.9 Å². The Balaban J connectivity index is 1.46. The molecule has 0 atom stereocenters. The highest BCUT2D eigenvalue weighted by atomic mass is 16.5. The smallest absolute Gasteiger partial charge is 0.272 e. The molecule has 1 amide bonds. The van der Waals surface area contributed by atoms with Crippen molar-refractivity contribution >= 4 is 5.91 Å². The number of methoxy groups -OCH3 is 1. The maximum Gasteiger partial charge on any atom is 0.272 e. The molecule has 0 unspecified atom stereocenters. The van der Waals surface area contributed by atoms with Crippen molar-refractivity contribution in [3.63, 3.8) is 0 Å². The highest BCUT2D eigenvalue weighted by Gasteiger charge is 2.24. The summed E-state index contributed by atoms with van der Waals surface area (Å²) in [6.45, 7) is 9.95. The van der Waals surface area contributed by atoms with Gasteiger partial charge in [-0.2, -0.15) is 0 Å². The molecule has 1 aromatic heterocycles. The van der Waals surface area contributed by atoms with Crippen LogP contribution in [0.5, 0.6) is 5.75 Å². The van der Waals surface area contributed by atoms with Crippen LogP contribution in [0.15, 0.2) is 42.6 Å². The highest BCUT2D eigenvalue weighted by molar-refractivity contribution is 5.92. The Kier molecular flexibility index (Phi) is 7.48. The third kappa shape index (κ3) is 6.56. The van der Waals surface area contributed by atoms with Crippen molar-refractivity contribution in [3.05, 3.63) is 59.4 Å². The molecule has 0 saturated carbocycles. The van der Waals surface area contributed by atoms with Crippen molar-refractivity contribution in [3.8, 4) is 5.75 Å². The molecule has 0 radical (unpaired) electrons.